The average molecular weight is 632 g/mol. The number of aromatic nitrogens is 2. The molecule has 0 spiro atoms. The average Bonchev–Trinajstić information content (AvgIpc) is 3.48. The van der Waals surface area contributed by atoms with Crippen LogP contribution in [0, 0.1) is 0 Å². The molecule has 0 atom stereocenters. The largest absolute Gasteiger partial charge is 0.392 e. The lowest BCUT2D eigenvalue weighted by Crippen LogP contribution is -2.54. The number of piperazine rings is 1. The number of nitrogens with zero attached hydrogens (tertiary/aromatic N) is 5. The Bertz CT molecular complexity index is 1940. The number of aryl methyl sites for hydroxylation is 1. The minimum Gasteiger partial charge on any atom is -0.339 e. The topological polar surface area (TPSA) is 131 Å². The van der Waals surface area contributed by atoms with E-state index in [4.69, 9.17) is 9.05 Å². The van der Waals surface area contributed by atoms with Gasteiger partial charge < -0.3 is 18.8 Å². The molecular weight excluding hydrogens is 598 g/mol. The van der Waals surface area contributed by atoms with E-state index in [2.05, 4.69) is 4.90 Å². The summed E-state index contributed by atoms with van der Waals surface area (Å²) in [7, 11) is 0. The van der Waals surface area contributed by atoms with Crippen LogP contribution in [0.25, 0.3) is 15.1 Å². The van der Waals surface area contributed by atoms with Gasteiger partial charge in [-0.05, 0) is 38.0 Å². The maximum Gasteiger partial charge on any atom is 0.392 e. The van der Waals surface area contributed by atoms with E-state index in [1.54, 1.807) is 24.0 Å². The first kappa shape index (κ1) is 30.3. The van der Waals surface area contributed by atoms with Gasteiger partial charge in [-0.3, -0.25) is 14.5 Å². The van der Waals surface area contributed by atoms with Gasteiger partial charge in [0.15, 0.2) is 5.00 Å². The van der Waals surface area contributed by atoms with Crippen LogP contribution in [0.15, 0.2) is 90.2 Å². The highest BCUT2D eigenvalue weighted by Gasteiger charge is 2.33. The van der Waals surface area contributed by atoms with Gasteiger partial charge in [-0.2, -0.15) is 4.74 Å². The van der Waals surface area contributed by atoms with Crippen molar-refractivity contribution in [2.75, 3.05) is 39.3 Å². The second kappa shape index (κ2) is 13.1. The van der Waals surface area contributed by atoms with E-state index in [-0.39, 0.29) is 28.9 Å². The smallest absolute Gasteiger partial charge is 0.339 e. The van der Waals surface area contributed by atoms with Crippen molar-refractivity contribution >= 4 is 33.2 Å². The minimum absolute atomic E-state index is 0.0120. The number of amides is 2. The summed E-state index contributed by atoms with van der Waals surface area (Å²) in [5, 5.41) is 0.752. The molecular formula is C32H33N5O7S. The van der Waals surface area contributed by atoms with Crippen molar-refractivity contribution in [3.8, 4) is 5.00 Å². The maximum absolute atomic E-state index is 14.2. The Morgan fingerprint density at radius 2 is 1.38 bits per heavy atom. The molecule has 4 aromatic rings. The molecule has 45 heavy (non-hydrogen) atoms. The third-order valence-electron chi connectivity index (χ3n) is 8.28. The molecule has 0 aliphatic carbocycles. The quantitative estimate of drug-likeness (QED) is 0.329. The molecule has 234 valence electrons. The lowest BCUT2D eigenvalue weighted by molar-refractivity contribution is 0.0412. The highest BCUT2D eigenvalue weighted by atomic mass is 32.1. The summed E-state index contributed by atoms with van der Waals surface area (Å²) >= 11 is 1.14. The summed E-state index contributed by atoms with van der Waals surface area (Å²) in [5.74, 6) is -0.232. The minimum atomic E-state index is -0.959. The van der Waals surface area contributed by atoms with Crippen molar-refractivity contribution in [3.05, 3.63) is 109 Å². The Morgan fingerprint density at radius 1 is 0.756 bits per heavy atom. The van der Waals surface area contributed by atoms with E-state index < -0.39 is 16.9 Å². The lowest BCUT2D eigenvalue weighted by Gasteiger charge is -2.42. The van der Waals surface area contributed by atoms with Gasteiger partial charge in [0.25, 0.3) is 11.8 Å². The molecule has 0 bridgehead atoms. The SMILES string of the molecule is CCn1oc(=O)ccc(=O)on(-c2sc3ccccc3c2C(=O)N2CCN(C3CCN(C(=O)c4ccccc4)CC3)CC2)c1=O. The molecule has 0 N–H and O–H groups in total. The molecule has 0 saturated carbocycles. The number of fused-ring (bicyclic) bond motifs is 1. The van der Waals surface area contributed by atoms with Crippen LogP contribution in [0.3, 0.4) is 0 Å². The van der Waals surface area contributed by atoms with E-state index in [0.717, 1.165) is 50.5 Å². The van der Waals surface area contributed by atoms with Crippen LogP contribution in [0.2, 0.25) is 0 Å². The fraction of sp³-hybridized carbons (Fsp3) is 0.344. The van der Waals surface area contributed by atoms with Gasteiger partial charge in [-0.15, -0.1) is 16.1 Å². The summed E-state index contributed by atoms with van der Waals surface area (Å²) in [5.41, 5.74) is -1.83. The number of benzene rings is 2. The van der Waals surface area contributed by atoms with E-state index in [9.17, 15) is 24.0 Å². The number of hydrogen-bond donors (Lipinski definition) is 0. The molecule has 2 aliphatic rings. The second-order valence-electron chi connectivity index (χ2n) is 10.9. The van der Waals surface area contributed by atoms with Gasteiger partial charge in [0.2, 0.25) is 0 Å². The van der Waals surface area contributed by atoms with Crippen LogP contribution in [-0.4, -0.2) is 81.3 Å². The van der Waals surface area contributed by atoms with Crippen LogP contribution >= 0.6 is 11.3 Å². The fourth-order valence-electron chi connectivity index (χ4n) is 5.93. The standard InChI is InChI=1S/C32H33N5O7S/c1-2-36-32(42)37(44-27(39)13-12-26(38)43-36)31-28(24-10-6-7-11-25(24)45-31)30(41)35-20-18-33(19-21-35)23-14-16-34(17-15-23)29(40)22-8-4-3-5-9-22/h3-13,23H,2,14-21H2,1H3. The van der Waals surface area contributed by atoms with Gasteiger partial charge >= 0.3 is 16.9 Å². The predicted octanol–water partition coefficient (Wildman–Crippen LogP) is 2.97. The highest BCUT2D eigenvalue weighted by molar-refractivity contribution is 7.21. The van der Waals surface area contributed by atoms with Gasteiger partial charge in [-0.25, -0.2) is 14.4 Å². The molecule has 2 saturated heterocycles. The Morgan fingerprint density at radius 3 is 2.07 bits per heavy atom. The lowest BCUT2D eigenvalue weighted by atomic mass is 10.0. The number of likely N-dealkylation sites (tertiary alicyclic amines) is 1. The summed E-state index contributed by atoms with van der Waals surface area (Å²) < 4.78 is 12.7. The fourth-order valence-corrected chi connectivity index (χ4v) is 7.06. The number of thiophene rings is 1. The summed E-state index contributed by atoms with van der Waals surface area (Å²) in [6.45, 7) is 5.25. The highest BCUT2D eigenvalue weighted by Crippen LogP contribution is 2.34. The Kier molecular flexibility index (Phi) is 8.80. The molecule has 2 fully saturated rings. The van der Waals surface area contributed by atoms with Crippen molar-refractivity contribution in [1.29, 1.82) is 0 Å². The van der Waals surface area contributed by atoms with Gasteiger partial charge in [0, 0.05) is 73.1 Å². The van der Waals surface area contributed by atoms with Crippen LogP contribution < -0.4 is 16.9 Å². The Hall–Kier alpha value is -4.75. The molecule has 2 aliphatic heterocycles. The van der Waals surface area contributed by atoms with Crippen molar-refractivity contribution in [2.45, 2.75) is 32.4 Å². The third-order valence-corrected chi connectivity index (χ3v) is 9.42. The third kappa shape index (κ3) is 6.26. The number of carbonyl (C=O) groups is 2. The van der Waals surface area contributed by atoms with Crippen molar-refractivity contribution in [2.24, 2.45) is 0 Å². The molecule has 2 amide bonds. The zero-order valence-electron chi connectivity index (χ0n) is 24.8. The summed E-state index contributed by atoms with van der Waals surface area (Å²) in [6.07, 6.45) is 1.72. The van der Waals surface area contributed by atoms with Crippen LogP contribution in [0.5, 0.6) is 0 Å². The van der Waals surface area contributed by atoms with Gasteiger partial charge in [0.05, 0.1) is 12.1 Å². The first-order valence-electron chi connectivity index (χ1n) is 15.0. The molecule has 4 heterocycles. The molecule has 6 rings (SSSR count). The zero-order chi connectivity index (χ0) is 31.5. The molecule has 2 aromatic carbocycles. The summed E-state index contributed by atoms with van der Waals surface area (Å²) in [4.78, 5) is 71.2. The van der Waals surface area contributed by atoms with Crippen molar-refractivity contribution < 1.29 is 18.6 Å². The van der Waals surface area contributed by atoms with E-state index in [0.29, 0.717) is 56.3 Å². The van der Waals surface area contributed by atoms with Crippen LogP contribution in [0.4, 0.5) is 0 Å². The van der Waals surface area contributed by atoms with Crippen LogP contribution in [-0.2, 0) is 6.54 Å². The van der Waals surface area contributed by atoms with Gasteiger partial charge in [0.1, 0.15) is 0 Å². The zero-order valence-corrected chi connectivity index (χ0v) is 25.6. The van der Waals surface area contributed by atoms with E-state index in [1.807, 2.05) is 47.4 Å². The number of carbonyl (C=O) groups excluding carboxylic acids is 2. The van der Waals surface area contributed by atoms with Gasteiger partial charge in [-0.1, -0.05) is 36.4 Å². The first-order chi connectivity index (χ1) is 21.8. The number of hydrogen-bond acceptors (Lipinski definition) is 9. The normalized spacial score (nSPS) is 16.1. The molecule has 2 aromatic heterocycles. The van der Waals surface area contributed by atoms with Crippen molar-refractivity contribution in [3.63, 3.8) is 0 Å². The monoisotopic (exact) mass is 631 g/mol. The summed E-state index contributed by atoms with van der Waals surface area (Å²) in [6, 6.07) is 18.6. The Balaban J connectivity index is 1.23. The molecule has 12 nitrogen and oxygen atoms in total. The number of rotatable bonds is 5. The van der Waals surface area contributed by atoms with Crippen LogP contribution in [0.1, 0.15) is 40.5 Å². The molecule has 13 heteroatoms. The maximum atomic E-state index is 14.2. The van der Waals surface area contributed by atoms with E-state index >= 15 is 0 Å². The molecule has 0 unspecified atom stereocenters. The Labute approximate surface area is 261 Å². The second-order valence-corrected chi connectivity index (χ2v) is 12.0. The predicted molar refractivity (Wildman–Crippen MR) is 169 cm³/mol. The molecule has 0 radical (unpaired) electrons. The number of piperidine rings is 1. The van der Waals surface area contributed by atoms with E-state index in [1.165, 1.54) is 0 Å². The first-order valence-corrected chi connectivity index (χ1v) is 15.8. The van der Waals surface area contributed by atoms with Crippen molar-refractivity contribution in [1.82, 2.24) is 24.2 Å².